The number of carbonyl (C=O) groups excluding carboxylic acids is 1. The molecule has 6 heteroatoms. The van der Waals surface area contributed by atoms with Crippen molar-refractivity contribution >= 4 is 22.6 Å². The van der Waals surface area contributed by atoms with Crippen LogP contribution < -0.4 is 20.1 Å². The van der Waals surface area contributed by atoms with Crippen molar-refractivity contribution in [3.05, 3.63) is 60.3 Å². The van der Waals surface area contributed by atoms with Crippen LogP contribution in [0.15, 0.2) is 54.7 Å². The molecule has 3 aromatic rings. The van der Waals surface area contributed by atoms with Gasteiger partial charge in [0, 0.05) is 11.6 Å². The maximum Gasteiger partial charge on any atom is 0.319 e. The third-order valence-corrected chi connectivity index (χ3v) is 3.83. The first-order valence-electron chi connectivity index (χ1n) is 8.33. The maximum absolute atomic E-state index is 12.0. The second kappa shape index (κ2) is 8.20. The summed E-state index contributed by atoms with van der Waals surface area (Å²) in [6.07, 6.45) is 1.76. The van der Waals surface area contributed by atoms with Crippen molar-refractivity contribution in [2.75, 3.05) is 25.6 Å². The second-order valence-corrected chi connectivity index (χ2v) is 5.79. The molecule has 0 aliphatic carbocycles. The number of aromatic nitrogens is 1. The Labute approximate surface area is 152 Å². The Balaban J connectivity index is 1.48. The summed E-state index contributed by atoms with van der Waals surface area (Å²) >= 11 is 0. The molecule has 0 radical (unpaired) electrons. The maximum atomic E-state index is 12.0. The Hall–Kier alpha value is -3.28. The Kier molecular flexibility index (Phi) is 5.53. The lowest BCUT2D eigenvalue weighted by Gasteiger charge is -2.12. The van der Waals surface area contributed by atoms with Gasteiger partial charge in [-0.05, 0) is 48.9 Å². The van der Waals surface area contributed by atoms with E-state index in [9.17, 15) is 4.79 Å². The lowest BCUT2D eigenvalue weighted by Crippen LogP contribution is -2.32. The molecule has 2 N–H and O–H groups in total. The zero-order valence-electron chi connectivity index (χ0n) is 14.8. The molecule has 0 atom stereocenters. The van der Waals surface area contributed by atoms with Gasteiger partial charge in [-0.2, -0.15) is 0 Å². The van der Waals surface area contributed by atoms with Crippen molar-refractivity contribution in [3.63, 3.8) is 0 Å². The van der Waals surface area contributed by atoms with E-state index in [1.807, 2.05) is 55.5 Å². The second-order valence-electron chi connectivity index (χ2n) is 5.79. The van der Waals surface area contributed by atoms with Crippen molar-refractivity contribution in [1.82, 2.24) is 10.3 Å². The molecule has 6 nitrogen and oxygen atoms in total. The molecule has 1 aromatic heterocycles. The smallest absolute Gasteiger partial charge is 0.319 e. The molecule has 0 saturated heterocycles. The number of amides is 2. The van der Waals surface area contributed by atoms with Crippen LogP contribution in [0.1, 0.15) is 5.56 Å². The Morgan fingerprint density at radius 1 is 1.15 bits per heavy atom. The lowest BCUT2D eigenvalue weighted by molar-refractivity contribution is 0.247. The van der Waals surface area contributed by atoms with Crippen LogP contribution in [-0.4, -0.2) is 31.3 Å². The number of hydrogen-bond acceptors (Lipinski definition) is 4. The van der Waals surface area contributed by atoms with Crippen molar-refractivity contribution in [2.45, 2.75) is 6.92 Å². The molecule has 0 fully saturated rings. The molecular formula is C20H21N3O3. The number of aryl methyl sites for hydroxylation is 1. The Morgan fingerprint density at radius 2 is 2.04 bits per heavy atom. The molecule has 0 aliphatic heterocycles. The van der Waals surface area contributed by atoms with Gasteiger partial charge in [0.2, 0.25) is 0 Å². The third-order valence-electron chi connectivity index (χ3n) is 3.83. The van der Waals surface area contributed by atoms with Crippen molar-refractivity contribution in [1.29, 1.82) is 0 Å². The molecule has 3 rings (SSSR count). The van der Waals surface area contributed by atoms with E-state index in [0.717, 1.165) is 22.2 Å². The molecule has 0 saturated carbocycles. The molecule has 0 unspecified atom stereocenters. The summed E-state index contributed by atoms with van der Waals surface area (Å²) in [5.41, 5.74) is 2.59. The highest BCUT2D eigenvalue weighted by atomic mass is 16.5. The van der Waals surface area contributed by atoms with Crippen LogP contribution >= 0.6 is 0 Å². The first kappa shape index (κ1) is 17.5. The van der Waals surface area contributed by atoms with Crippen LogP contribution in [0.25, 0.3) is 10.9 Å². The minimum absolute atomic E-state index is 0.305. The molecule has 134 valence electrons. The van der Waals surface area contributed by atoms with E-state index in [4.69, 9.17) is 9.47 Å². The molecular weight excluding hydrogens is 330 g/mol. The number of benzene rings is 2. The van der Waals surface area contributed by atoms with Gasteiger partial charge in [-0.3, -0.25) is 4.98 Å². The van der Waals surface area contributed by atoms with E-state index >= 15 is 0 Å². The molecule has 0 aliphatic rings. The van der Waals surface area contributed by atoms with E-state index in [1.165, 1.54) is 0 Å². The fourth-order valence-electron chi connectivity index (χ4n) is 2.56. The summed E-state index contributed by atoms with van der Waals surface area (Å²) in [5.74, 6) is 1.36. The van der Waals surface area contributed by atoms with Crippen LogP contribution in [0.2, 0.25) is 0 Å². The van der Waals surface area contributed by atoms with Crippen molar-refractivity contribution in [2.24, 2.45) is 0 Å². The molecule has 2 amide bonds. The molecule has 26 heavy (non-hydrogen) atoms. The highest BCUT2D eigenvalue weighted by Crippen LogP contribution is 2.25. The summed E-state index contributed by atoms with van der Waals surface area (Å²) < 4.78 is 10.9. The minimum Gasteiger partial charge on any atom is -0.495 e. The van der Waals surface area contributed by atoms with E-state index in [2.05, 4.69) is 15.6 Å². The average molecular weight is 351 g/mol. The van der Waals surface area contributed by atoms with E-state index in [0.29, 0.717) is 24.6 Å². The molecule has 2 aromatic carbocycles. The number of urea groups is 1. The zero-order chi connectivity index (χ0) is 18.4. The summed E-state index contributed by atoms with van der Waals surface area (Å²) in [6, 6.07) is 14.9. The van der Waals surface area contributed by atoms with Gasteiger partial charge >= 0.3 is 6.03 Å². The molecule has 0 bridgehead atoms. The summed E-state index contributed by atoms with van der Waals surface area (Å²) in [7, 11) is 1.57. The summed E-state index contributed by atoms with van der Waals surface area (Å²) in [6.45, 7) is 2.70. The van der Waals surface area contributed by atoms with Crippen LogP contribution in [0.3, 0.4) is 0 Å². The zero-order valence-corrected chi connectivity index (χ0v) is 14.8. The van der Waals surface area contributed by atoms with Gasteiger partial charge in [0.05, 0.1) is 24.9 Å². The quantitative estimate of drug-likeness (QED) is 0.664. The van der Waals surface area contributed by atoms with E-state index in [1.54, 1.807) is 13.3 Å². The van der Waals surface area contributed by atoms with Crippen LogP contribution in [-0.2, 0) is 0 Å². The Morgan fingerprint density at radius 3 is 2.88 bits per heavy atom. The number of nitrogens with zero attached hydrogens (tertiary/aromatic N) is 1. The van der Waals surface area contributed by atoms with Gasteiger partial charge in [0.15, 0.2) is 0 Å². The minimum atomic E-state index is -0.305. The largest absolute Gasteiger partial charge is 0.495 e. The average Bonchev–Trinajstić information content (AvgIpc) is 2.65. The Bertz CT molecular complexity index is 912. The lowest BCUT2D eigenvalue weighted by atomic mass is 10.2. The van der Waals surface area contributed by atoms with E-state index < -0.39 is 0 Å². The predicted molar refractivity (Wildman–Crippen MR) is 102 cm³/mol. The SMILES string of the molecule is COc1ccc(C)cc1NC(=O)NCCOc1ccc2ncccc2c1. The van der Waals surface area contributed by atoms with Gasteiger partial charge in [-0.15, -0.1) is 0 Å². The van der Waals surface area contributed by atoms with Gasteiger partial charge in [-0.1, -0.05) is 12.1 Å². The number of nitrogens with one attached hydrogen (secondary N) is 2. The predicted octanol–water partition coefficient (Wildman–Crippen LogP) is 3.75. The molecule has 0 spiro atoms. The number of ether oxygens (including phenoxy) is 2. The standard InChI is InChI=1S/C20H21N3O3/c1-14-5-8-19(25-2)18(12-14)23-20(24)22-10-11-26-16-6-7-17-15(13-16)4-3-9-21-17/h3-9,12-13H,10-11H2,1-2H3,(H2,22,23,24). The number of hydrogen-bond donors (Lipinski definition) is 2. The van der Waals surface area contributed by atoms with Crippen molar-refractivity contribution < 1.29 is 14.3 Å². The van der Waals surface area contributed by atoms with Gasteiger partial charge in [-0.25, -0.2) is 4.79 Å². The van der Waals surface area contributed by atoms with Crippen LogP contribution in [0.4, 0.5) is 10.5 Å². The first-order chi connectivity index (χ1) is 12.7. The number of carbonyl (C=O) groups is 1. The number of fused-ring (bicyclic) bond motifs is 1. The van der Waals surface area contributed by atoms with Gasteiger partial charge in [0.1, 0.15) is 18.1 Å². The topological polar surface area (TPSA) is 72.5 Å². The van der Waals surface area contributed by atoms with Gasteiger partial charge < -0.3 is 20.1 Å². The van der Waals surface area contributed by atoms with Crippen LogP contribution in [0, 0.1) is 6.92 Å². The van der Waals surface area contributed by atoms with E-state index in [-0.39, 0.29) is 6.03 Å². The number of methoxy groups -OCH3 is 1. The van der Waals surface area contributed by atoms with Crippen molar-refractivity contribution in [3.8, 4) is 11.5 Å². The number of pyridine rings is 1. The number of anilines is 1. The highest BCUT2D eigenvalue weighted by Gasteiger charge is 2.07. The fraction of sp³-hybridized carbons (Fsp3) is 0.200. The number of rotatable bonds is 6. The van der Waals surface area contributed by atoms with Gasteiger partial charge in [0.25, 0.3) is 0 Å². The normalized spacial score (nSPS) is 10.4. The monoisotopic (exact) mass is 351 g/mol. The highest BCUT2D eigenvalue weighted by molar-refractivity contribution is 5.91. The fourth-order valence-corrected chi connectivity index (χ4v) is 2.56. The first-order valence-corrected chi connectivity index (χ1v) is 8.33. The van der Waals surface area contributed by atoms with Crippen LogP contribution in [0.5, 0.6) is 11.5 Å². The summed E-state index contributed by atoms with van der Waals surface area (Å²) in [5, 5.41) is 6.57. The molecule has 1 heterocycles. The third kappa shape index (κ3) is 4.42. The summed E-state index contributed by atoms with van der Waals surface area (Å²) in [4.78, 5) is 16.3.